The fourth-order valence-electron chi connectivity index (χ4n) is 3.55. The van der Waals surface area contributed by atoms with Gasteiger partial charge in [-0.1, -0.05) is 18.2 Å². The number of rotatable bonds is 3. The number of anilines is 1. The van der Waals surface area contributed by atoms with E-state index >= 15 is 0 Å². The third kappa shape index (κ3) is 3.44. The number of carbonyl (C=O) groups is 2. The second-order valence-electron chi connectivity index (χ2n) is 6.93. The number of para-hydroxylation sites is 1. The third-order valence-corrected chi connectivity index (χ3v) is 5.26. The van der Waals surface area contributed by atoms with Gasteiger partial charge in [0.2, 0.25) is 0 Å². The van der Waals surface area contributed by atoms with E-state index < -0.39 is 11.8 Å². The lowest BCUT2D eigenvalue weighted by atomic mass is 10.1. The van der Waals surface area contributed by atoms with Crippen LogP contribution < -0.4 is 10.2 Å². The van der Waals surface area contributed by atoms with Gasteiger partial charge in [-0.15, -0.1) is 0 Å². The SMILES string of the molecule is Cc1cc(/C=C2/C(=O)NC(=S)N(c3ccccc3)C2=O)c(C)n1-c1ccc(F)cc1. The molecule has 30 heavy (non-hydrogen) atoms. The molecule has 7 heteroatoms. The van der Waals surface area contributed by atoms with Crippen molar-refractivity contribution in [1.29, 1.82) is 0 Å². The average Bonchev–Trinajstić information content (AvgIpc) is 3.00. The lowest BCUT2D eigenvalue weighted by Crippen LogP contribution is -2.54. The molecule has 1 aromatic heterocycles. The highest BCUT2D eigenvalue weighted by molar-refractivity contribution is 7.80. The first kappa shape index (κ1) is 19.7. The number of carbonyl (C=O) groups excluding carboxylic acids is 2. The van der Waals surface area contributed by atoms with Crippen molar-refractivity contribution in [2.75, 3.05) is 4.90 Å². The van der Waals surface area contributed by atoms with E-state index in [4.69, 9.17) is 12.2 Å². The summed E-state index contributed by atoms with van der Waals surface area (Å²) in [5.74, 6) is -1.34. The molecule has 5 nitrogen and oxygen atoms in total. The fraction of sp³-hybridized carbons (Fsp3) is 0.0870. The molecule has 150 valence electrons. The third-order valence-electron chi connectivity index (χ3n) is 4.97. The number of hydrogen-bond acceptors (Lipinski definition) is 3. The van der Waals surface area contributed by atoms with Gasteiger partial charge in [0.05, 0.1) is 5.69 Å². The number of nitrogens with zero attached hydrogens (tertiary/aromatic N) is 2. The maximum atomic E-state index is 13.3. The first-order chi connectivity index (χ1) is 14.4. The number of halogens is 1. The quantitative estimate of drug-likeness (QED) is 0.396. The molecule has 0 aliphatic carbocycles. The molecule has 1 saturated heterocycles. The minimum absolute atomic E-state index is 0.00758. The van der Waals surface area contributed by atoms with Crippen LogP contribution in [0.1, 0.15) is 17.0 Å². The summed E-state index contributed by atoms with van der Waals surface area (Å²) in [5, 5.41) is 2.63. The Morgan fingerprint density at radius 1 is 0.967 bits per heavy atom. The van der Waals surface area contributed by atoms with Crippen LogP contribution in [-0.4, -0.2) is 21.5 Å². The molecule has 0 unspecified atom stereocenters. The van der Waals surface area contributed by atoms with Crippen molar-refractivity contribution >= 4 is 40.9 Å². The Labute approximate surface area is 178 Å². The maximum Gasteiger partial charge on any atom is 0.270 e. The van der Waals surface area contributed by atoms with Crippen molar-refractivity contribution in [3.63, 3.8) is 0 Å². The molecule has 2 amide bonds. The number of hydrogen-bond donors (Lipinski definition) is 1. The Hall–Kier alpha value is -3.58. The van der Waals surface area contributed by atoms with Crippen LogP contribution in [0.15, 0.2) is 66.2 Å². The normalized spacial score (nSPS) is 15.6. The van der Waals surface area contributed by atoms with Crippen LogP contribution in [0.3, 0.4) is 0 Å². The molecule has 2 heterocycles. The number of aryl methyl sites for hydroxylation is 1. The van der Waals surface area contributed by atoms with E-state index in [9.17, 15) is 14.0 Å². The Morgan fingerprint density at radius 3 is 2.30 bits per heavy atom. The average molecular weight is 419 g/mol. The summed E-state index contributed by atoms with van der Waals surface area (Å²) < 4.78 is 15.2. The van der Waals surface area contributed by atoms with Gasteiger partial charge in [0.15, 0.2) is 5.11 Å². The molecule has 1 fully saturated rings. The van der Waals surface area contributed by atoms with Gasteiger partial charge in [0.25, 0.3) is 11.8 Å². The van der Waals surface area contributed by atoms with Gasteiger partial charge in [-0.25, -0.2) is 4.39 Å². The monoisotopic (exact) mass is 419 g/mol. The van der Waals surface area contributed by atoms with Crippen molar-refractivity contribution in [3.8, 4) is 5.69 Å². The molecule has 0 atom stereocenters. The predicted octanol–water partition coefficient (Wildman–Crippen LogP) is 4.06. The highest BCUT2D eigenvalue weighted by atomic mass is 32.1. The fourth-order valence-corrected chi connectivity index (χ4v) is 3.83. The predicted molar refractivity (Wildman–Crippen MR) is 118 cm³/mol. The second kappa shape index (κ2) is 7.68. The zero-order chi connectivity index (χ0) is 21.4. The number of nitrogens with one attached hydrogen (secondary N) is 1. The maximum absolute atomic E-state index is 13.3. The van der Waals surface area contributed by atoms with Crippen molar-refractivity contribution < 1.29 is 14.0 Å². The van der Waals surface area contributed by atoms with Crippen LogP contribution in [-0.2, 0) is 9.59 Å². The molecule has 1 N–H and O–H groups in total. The Kier molecular flexibility index (Phi) is 5.05. The second-order valence-corrected chi connectivity index (χ2v) is 7.32. The number of amides is 2. The van der Waals surface area contributed by atoms with Gasteiger partial charge in [-0.05, 0) is 80.2 Å². The summed E-state index contributed by atoms with van der Waals surface area (Å²) >= 11 is 5.22. The molecule has 1 aliphatic heterocycles. The van der Waals surface area contributed by atoms with E-state index in [1.54, 1.807) is 42.5 Å². The molecule has 2 aromatic carbocycles. The highest BCUT2D eigenvalue weighted by Gasteiger charge is 2.34. The summed E-state index contributed by atoms with van der Waals surface area (Å²) in [5.41, 5.74) is 3.80. The molecule has 4 rings (SSSR count). The lowest BCUT2D eigenvalue weighted by Gasteiger charge is -2.28. The summed E-state index contributed by atoms with van der Waals surface area (Å²) in [6, 6.07) is 16.9. The van der Waals surface area contributed by atoms with Crippen molar-refractivity contribution in [3.05, 3.63) is 89.0 Å². The zero-order valence-corrected chi connectivity index (χ0v) is 17.2. The summed E-state index contributed by atoms with van der Waals surface area (Å²) in [7, 11) is 0. The van der Waals surface area contributed by atoms with E-state index in [0.717, 1.165) is 22.6 Å². The number of aromatic nitrogens is 1. The largest absolute Gasteiger partial charge is 0.318 e. The Balaban J connectivity index is 1.76. The highest BCUT2D eigenvalue weighted by Crippen LogP contribution is 2.26. The molecule has 0 bridgehead atoms. The van der Waals surface area contributed by atoms with Crippen LogP contribution >= 0.6 is 12.2 Å². The number of thiocarbonyl (C=S) groups is 1. The van der Waals surface area contributed by atoms with Crippen LogP contribution in [0.2, 0.25) is 0 Å². The van der Waals surface area contributed by atoms with Crippen LogP contribution in [0.25, 0.3) is 11.8 Å². The van der Waals surface area contributed by atoms with E-state index in [2.05, 4.69) is 5.32 Å². The van der Waals surface area contributed by atoms with E-state index in [1.165, 1.54) is 17.0 Å². The van der Waals surface area contributed by atoms with Gasteiger partial charge in [0.1, 0.15) is 11.4 Å². The summed E-state index contributed by atoms with van der Waals surface area (Å²) in [4.78, 5) is 27.0. The minimum Gasteiger partial charge on any atom is -0.318 e. The zero-order valence-electron chi connectivity index (χ0n) is 16.3. The van der Waals surface area contributed by atoms with E-state index in [0.29, 0.717) is 5.69 Å². The standard InChI is InChI=1S/C23H18FN3O2S/c1-14-12-16(15(2)26(14)19-10-8-17(24)9-11-19)13-20-21(28)25-23(30)27(22(20)29)18-6-4-3-5-7-18/h3-13H,1-2H3,(H,25,28,30)/b20-13-. The van der Waals surface area contributed by atoms with Crippen LogP contribution in [0, 0.1) is 19.7 Å². The number of benzene rings is 2. The lowest BCUT2D eigenvalue weighted by molar-refractivity contribution is -0.122. The first-order valence-electron chi connectivity index (χ1n) is 9.28. The molecular weight excluding hydrogens is 401 g/mol. The van der Waals surface area contributed by atoms with Gasteiger partial charge < -0.3 is 4.57 Å². The molecule has 0 saturated carbocycles. The van der Waals surface area contributed by atoms with Crippen LogP contribution in [0.5, 0.6) is 0 Å². The minimum atomic E-state index is -0.538. The van der Waals surface area contributed by atoms with Crippen molar-refractivity contribution in [1.82, 2.24) is 9.88 Å². The Bertz CT molecular complexity index is 1200. The van der Waals surface area contributed by atoms with Crippen molar-refractivity contribution in [2.24, 2.45) is 0 Å². The summed E-state index contributed by atoms with van der Waals surface area (Å²) in [6.45, 7) is 3.79. The van der Waals surface area contributed by atoms with E-state index in [-0.39, 0.29) is 16.5 Å². The van der Waals surface area contributed by atoms with Gasteiger partial charge in [-0.2, -0.15) is 0 Å². The first-order valence-corrected chi connectivity index (χ1v) is 9.69. The Morgan fingerprint density at radius 2 is 1.63 bits per heavy atom. The summed E-state index contributed by atoms with van der Waals surface area (Å²) in [6.07, 6.45) is 1.57. The molecule has 3 aromatic rings. The van der Waals surface area contributed by atoms with Crippen LogP contribution in [0.4, 0.5) is 10.1 Å². The van der Waals surface area contributed by atoms with Gasteiger partial charge in [0, 0.05) is 17.1 Å². The molecular formula is C23H18FN3O2S. The van der Waals surface area contributed by atoms with Gasteiger partial charge >= 0.3 is 0 Å². The van der Waals surface area contributed by atoms with Crippen molar-refractivity contribution in [2.45, 2.75) is 13.8 Å². The molecule has 0 radical (unpaired) electrons. The topological polar surface area (TPSA) is 54.3 Å². The van der Waals surface area contributed by atoms with Gasteiger partial charge in [-0.3, -0.25) is 19.8 Å². The van der Waals surface area contributed by atoms with E-state index in [1.807, 2.05) is 30.5 Å². The molecule has 1 aliphatic rings. The molecule has 0 spiro atoms. The smallest absolute Gasteiger partial charge is 0.270 e.